The molecule has 166 valence electrons. The van der Waals surface area contributed by atoms with Crippen LogP contribution < -0.4 is 5.32 Å². The van der Waals surface area contributed by atoms with Crippen molar-refractivity contribution >= 4 is 27.5 Å². The zero-order chi connectivity index (χ0) is 22.6. The fourth-order valence-electron chi connectivity index (χ4n) is 3.77. The molecule has 1 amide bonds. The average molecular weight is 469 g/mol. The van der Waals surface area contributed by atoms with E-state index in [-0.39, 0.29) is 5.91 Å². The summed E-state index contributed by atoms with van der Waals surface area (Å²) < 4.78 is 27.2. The smallest absolute Gasteiger partial charge is 0.251 e. The van der Waals surface area contributed by atoms with Gasteiger partial charge in [-0.2, -0.15) is 4.31 Å². The van der Waals surface area contributed by atoms with Gasteiger partial charge in [0.15, 0.2) is 0 Å². The van der Waals surface area contributed by atoms with Crippen LogP contribution in [0.2, 0.25) is 5.02 Å². The van der Waals surface area contributed by atoms with Gasteiger partial charge >= 0.3 is 0 Å². The van der Waals surface area contributed by atoms with Crippen molar-refractivity contribution in [2.45, 2.75) is 30.7 Å². The highest BCUT2D eigenvalue weighted by molar-refractivity contribution is 7.89. The van der Waals surface area contributed by atoms with Crippen molar-refractivity contribution in [3.8, 4) is 11.1 Å². The van der Waals surface area contributed by atoms with E-state index in [1.807, 2.05) is 36.4 Å². The summed E-state index contributed by atoms with van der Waals surface area (Å²) in [5.41, 5.74) is 3.35. The molecule has 0 aliphatic carbocycles. The minimum absolute atomic E-state index is 0.158. The summed E-state index contributed by atoms with van der Waals surface area (Å²) in [6, 6.07) is 21.5. The van der Waals surface area contributed by atoms with Crippen LogP contribution in [0.3, 0.4) is 0 Å². The van der Waals surface area contributed by atoms with Gasteiger partial charge in [-0.15, -0.1) is 0 Å². The lowest BCUT2D eigenvalue weighted by Crippen LogP contribution is -2.35. The lowest BCUT2D eigenvalue weighted by atomic mass is 10.0. The maximum atomic E-state index is 12.8. The fourth-order valence-corrected chi connectivity index (χ4v) is 5.42. The van der Waals surface area contributed by atoms with Gasteiger partial charge in [0.25, 0.3) is 5.91 Å². The standard InChI is InChI=1S/C25H25ClN2O3S/c26-23-12-4-19(5-13-23)18-27-25(29)22-8-6-20(7-9-22)21-10-14-24(15-11-21)32(30,31)28-16-2-1-3-17-28/h4-15H,1-3,16-18H2,(H,27,29). The molecule has 1 fully saturated rings. The zero-order valence-electron chi connectivity index (χ0n) is 17.6. The monoisotopic (exact) mass is 468 g/mol. The molecule has 1 aliphatic heterocycles. The topological polar surface area (TPSA) is 66.5 Å². The summed E-state index contributed by atoms with van der Waals surface area (Å²) in [6.07, 6.45) is 2.91. The molecule has 0 radical (unpaired) electrons. The van der Waals surface area contributed by atoms with Gasteiger partial charge < -0.3 is 5.32 Å². The van der Waals surface area contributed by atoms with E-state index in [0.717, 1.165) is 36.0 Å². The lowest BCUT2D eigenvalue weighted by Gasteiger charge is -2.25. The van der Waals surface area contributed by atoms with Crippen LogP contribution in [-0.2, 0) is 16.6 Å². The summed E-state index contributed by atoms with van der Waals surface area (Å²) >= 11 is 5.88. The van der Waals surface area contributed by atoms with Crippen LogP contribution in [-0.4, -0.2) is 31.7 Å². The highest BCUT2D eigenvalue weighted by Crippen LogP contribution is 2.25. The highest BCUT2D eigenvalue weighted by atomic mass is 35.5. The van der Waals surface area contributed by atoms with Crippen LogP contribution in [0.5, 0.6) is 0 Å². The van der Waals surface area contributed by atoms with Crippen molar-refractivity contribution in [1.29, 1.82) is 0 Å². The van der Waals surface area contributed by atoms with Gasteiger partial charge in [0.05, 0.1) is 4.90 Å². The number of carbonyl (C=O) groups excluding carboxylic acids is 1. The van der Waals surface area contributed by atoms with Gasteiger partial charge in [0.2, 0.25) is 10.0 Å². The van der Waals surface area contributed by atoms with Crippen molar-refractivity contribution in [3.05, 3.63) is 88.9 Å². The second-order valence-electron chi connectivity index (χ2n) is 7.88. The van der Waals surface area contributed by atoms with Crippen molar-refractivity contribution in [2.24, 2.45) is 0 Å². The van der Waals surface area contributed by atoms with Gasteiger partial charge in [0, 0.05) is 30.2 Å². The summed E-state index contributed by atoms with van der Waals surface area (Å²) in [5.74, 6) is -0.158. The number of amides is 1. The number of hydrogen-bond acceptors (Lipinski definition) is 3. The van der Waals surface area contributed by atoms with Crippen molar-refractivity contribution < 1.29 is 13.2 Å². The van der Waals surface area contributed by atoms with Crippen LogP contribution >= 0.6 is 11.6 Å². The van der Waals surface area contributed by atoms with Gasteiger partial charge in [-0.05, 0) is 65.9 Å². The number of sulfonamides is 1. The van der Waals surface area contributed by atoms with E-state index in [0.29, 0.717) is 35.1 Å². The molecule has 1 saturated heterocycles. The normalized spacial score (nSPS) is 14.8. The third-order valence-corrected chi connectivity index (χ3v) is 7.82. The van der Waals surface area contributed by atoms with E-state index < -0.39 is 10.0 Å². The Labute approximate surface area is 194 Å². The molecule has 0 spiro atoms. The van der Waals surface area contributed by atoms with Gasteiger partial charge in [0.1, 0.15) is 0 Å². The van der Waals surface area contributed by atoms with Gasteiger partial charge in [-0.3, -0.25) is 4.79 Å². The molecule has 1 heterocycles. The Bertz CT molecular complexity index is 1170. The largest absolute Gasteiger partial charge is 0.348 e. The quantitative estimate of drug-likeness (QED) is 0.546. The zero-order valence-corrected chi connectivity index (χ0v) is 19.2. The number of halogens is 1. The summed E-state index contributed by atoms with van der Waals surface area (Å²) in [7, 11) is -3.44. The molecule has 0 bridgehead atoms. The fraction of sp³-hybridized carbons (Fsp3) is 0.240. The molecular formula is C25H25ClN2O3S. The first-order valence-corrected chi connectivity index (χ1v) is 12.5. The second-order valence-corrected chi connectivity index (χ2v) is 10.2. The number of rotatable bonds is 6. The Hall–Kier alpha value is -2.67. The number of benzene rings is 3. The highest BCUT2D eigenvalue weighted by Gasteiger charge is 2.25. The molecule has 0 saturated carbocycles. The van der Waals surface area contributed by atoms with Crippen molar-refractivity contribution in [1.82, 2.24) is 9.62 Å². The third kappa shape index (κ3) is 5.21. The summed E-state index contributed by atoms with van der Waals surface area (Å²) in [5, 5.41) is 3.56. The van der Waals surface area contributed by atoms with Crippen LogP contribution in [0.4, 0.5) is 0 Å². The van der Waals surface area contributed by atoms with E-state index in [1.54, 1.807) is 40.7 Å². The van der Waals surface area contributed by atoms with E-state index in [1.165, 1.54) is 0 Å². The molecule has 0 atom stereocenters. The Kier molecular flexibility index (Phi) is 6.94. The molecule has 0 aromatic heterocycles. The Balaban J connectivity index is 1.41. The van der Waals surface area contributed by atoms with Crippen LogP contribution in [0.25, 0.3) is 11.1 Å². The van der Waals surface area contributed by atoms with Crippen LogP contribution in [0, 0.1) is 0 Å². The van der Waals surface area contributed by atoms with E-state index in [9.17, 15) is 13.2 Å². The molecule has 32 heavy (non-hydrogen) atoms. The Morgan fingerprint density at radius 3 is 1.97 bits per heavy atom. The Morgan fingerprint density at radius 1 is 0.812 bits per heavy atom. The molecule has 3 aromatic rings. The maximum Gasteiger partial charge on any atom is 0.251 e. The van der Waals surface area contributed by atoms with Crippen molar-refractivity contribution in [3.63, 3.8) is 0 Å². The predicted molar refractivity (Wildman–Crippen MR) is 127 cm³/mol. The molecule has 1 aliphatic rings. The van der Waals surface area contributed by atoms with Gasteiger partial charge in [-0.25, -0.2) is 8.42 Å². The number of carbonyl (C=O) groups is 1. The molecule has 1 N–H and O–H groups in total. The summed E-state index contributed by atoms with van der Waals surface area (Å²) in [4.78, 5) is 12.8. The first kappa shape index (κ1) is 22.5. The number of nitrogens with one attached hydrogen (secondary N) is 1. The minimum Gasteiger partial charge on any atom is -0.348 e. The van der Waals surface area contributed by atoms with Crippen molar-refractivity contribution in [2.75, 3.05) is 13.1 Å². The maximum absolute atomic E-state index is 12.8. The predicted octanol–water partition coefficient (Wildman–Crippen LogP) is 5.11. The molecule has 3 aromatic carbocycles. The molecule has 0 unspecified atom stereocenters. The first-order valence-electron chi connectivity index (χ1n) is 10.7. The SMILES string of the molecule is O=C(NCc1ccc(Cl)cc1)c1ccc(-c2ccc(S(=O)(=O)N3CCCCC3)cc2)cc1. The van der Waals surface area contributed by atoms with E-state index >= 15 is 0 Å². The first-order chi connectivity index (χ1) is 15.4. The van der Waals surface area contributed by atoms with E-state index in [4.69, 9.17) is 11.6 Å². The lowest BCUT2D eigenvalue weighted by molar-refractivity contribution is 0.0951. The molecule has 7 heteroatoms. The minimum atomic E-state index is -3.44. The number of hydrogen-bond donors (Lipinski definition) is 1. The Morgan fingerprint density at radius 2 is 1.38 bits per heavy atom. The summed E-state index contributed by atoms with van der Waals surface area (Å²) in [6.45, 7) is 1.60. The average Bonchev–Trinajstić information content (AvgIpc) is 2.84. The molecule has 5 nitrogen and oxygen atoms in total. The van der Waals surface area contributed by atoms with Gasteiger partial charge in [-0.1, -0.05) is 54.4 Å². The second kappa shape index (κ2) is 9.86. The van der Waals surface area contributed by atoms with Crippen LogP contribution in [0.15, 0.2) is 77.7 Å². The molecular weight excluding hydrogens is 444 g/mol. The van der Waals surface area contributed by atoms with Crippen LogP contribution in [0.1, 0.15) is 35.2 Å². The third-order valence-electron chi connectivity index (χ3n) is 5.65. The number of piperidine rings is 1. The number of nitrogens with zero attached hydrogens (tertiary/aromatic N) is 1. The van der Waals surface area contributed by atoms with E-state index in [2.05, 4.69) is 5.32 Å². The molecule has 4 rings (SSSR count).